The molecule has 0 aromatic heterocycles. The van der Waals surface area contributed by atoms with Gasteiger partial charge in [-0.05, 0) is 25.1 Å². The SMILES string of the molecule is CC1Sc2ccc(N)cc2N(C(=O)S)C1=O. The molecule has 6 heteroatoms. The average molecular weight is 254 g/mol. The first-order valence-corrected chi connectivity index (χ1v) is 5.96. The van der Waals surface area contributed by atoms with Crippen molar-refractivity contribution in [3.8, 4) is 0 Å². The highest BCUT2D eigenvalue weighted by Crippen LogP contribution is 2.40. The summed E-state index contributed by atoms with van der Waals surface area (Å²) in [5.41, 5.74) is 6.68. The molecule has 2 amide bonds. The van der Waals surface area contributed by atoms with Crippen molar-refractivity contribution >= 4 is 46.9 Å². The summed E-state index contributed by atoms with van der Waals surface area (Å²) < 4.78 is 0. The summed E-state index contributed by atoms with van der Waals surface area (Å²) in [5, 5.41) is -0.865. The standard InChI is InChI=1S/C10H10N2O2S2/c1-5-9(13)12(10(14)15)7-4-6(11)2-3-8(7)16-5/h2-5H,11H2,1H3,(H,14,15). The van der Waals surface area contributed by atoms with E-state index in [0.717, 1.165) is 9.80 Å². The van der Waals surface area contributed by atoms with E-state index in [4.69, 9.17) is 5.73 Å². The number of fused-ring (bicyclic) bond motifs is 1. The molecule has 1 aromatic carbocycles. The molecule has 2 rings (SSSR count). The number of benzene rings is 1. The first-order chi connectivity index (χ1) is 7.50. The summed E-state index contributed by atoms with van der Waals surface area (Å²) in [7, 11) is 0. The van der Waals surface area contributed by atoms with E-state index in [-0.39, 0.29) is 11.2 Å². The summed E-state index contributed by atoms with van der Waals surface area (Å²) in [4.78, 5) is 25.1. The van der Waals surface area contributed by atoms with Crippen molar-refractivity contribution in [2.24, 2.45) is 0 Å². The Hall–Kier alpha value is -1.14. The van der Waals surface area contributed by atoms with Crippen molar-refractivity contribution in [1.82, 2.24) is 0 Å². The molecule has 0 fully saturated rings. The van der Waals surface area contributed by atoms with Gasteiger partial charge in [-0.3, -0.25) is 9.59 Å². The van der Waals surface area contributed by atoms with Crippen LogP contribution in [0.5, 0.6) is 0 Å². The second-order valence-corrected chi connectivity index (χ2v) is 5.21. The zero-order valence-electron chi connectivity index (χ0n) is 8.51. The first kappa shape index (κ1) is 11.3. The third kappa shape index (κ3) is 1.78. The van der Waals surface area contributed by atoms with Gasteiger partial charge in [-0.1, -0.05) is 12.6 Å². The molecule has 0 saturated heterocycles. The summed E-state index contributed by atoms with van der Waals surface area (Å²) in [6.07, 6.45) is 0. The fraction of sp³-hybridized carbons (Fsp3) is 0.200. The molecule has 1 aliphatic rings. The predicted molar refractivity (Wildman–Crippen MR) is 68.0 cm³/mol. The second kappa shape index (κ2) is 4.03. The van der Waals surface area contributed by atoms with Crippen LogP contribution in [0.3, 0.4) is 0 Å². The molecule has 1 aromatic rings. The van der Waals surface area contributed by atoms with Gasteiger partial charge in [0.15, 0.2) is 0 Å². The quantitative estimate of drug-likeness (QED) is 0.550. The van der Waals surface area contributed by atoms with Gasteiger partial charge >= 0.3 is 0 Å². The van der Waals surface area contributed by atoms with Crippen molar-refractivity contribution in [2.45, 2.75) is 17.1 Å². The Balaban J connectivity index is 2.58. The lowest BCUT2D eigenvalue weighted by Gasteiger charge is -2.29. The van der Waals surface area contributed by atoms with Crippen molar-refractivity contribution in [1.29, 1.82) is 0 Å². The molecule has 16 heavy (non-hydrogen) atoms. The normalized spacial score (nSPS) is 19.5. The molecule has 1 aliphatic heterocycles. The number of carbonyl (C=O) groups is 2. The molecule has 1 unspecified atom stereocenters. The van der Waals surface area contributed by atoms with Crippen LogP contribution < -0.4 is 10.6 Å². The largest absolute Gasteiger partial charge is 0.399 e. The fourth-order valence-electron chi connectivity index (χ4n) is 1.55. The van der Waals surface area contributed by atoms with Gasteiger partial charge in [-0.15, -0.1) is 11.8 Å². The van der Waals surface area contributed by atoms with Crippen LogP contribution in [-0.4, -0.2) is 16.4 Å². The number of amides is 2. The Kier molecular flexibility index (Phi) is 2.86. The third-order valence-electron chi connectivity index (χ3n) is 2.29. The molecule has 0 radical (unpaired) electrons. The monoisotopic (exact) mass is 254 g/mol. The average Bonchev–Trinajstić information content (AvgIpc) is 2.20. The van der Waals surface area contributed by atoms with Gasteiger partial charge < -0.3 is 5.73 Å². The van der Waals surface area contributed by atoms with E-state index in [1.165, 1.54) is 11.8 Å². The first-order valence-electron chi connectivity index (χ1n) is 4.64. The molecule has 0 spiro atoms. The van der Waals surface area contributed by atoms with E-state index in [2.05, 4.69) is 12.6 Å². The number of thiol groups is 1. The van der Waals surface area contributed by atoms with Gasteiger partial charge in [-0.2, -0.15) is 0 Å². The number of hydrogen-bond acceptors (Lipinski definition) is 4. The van der Waals surface area contributed by atoms with Crippen LogP contribution in [0.4, 0.5) is 16.2 Å². The summed E-state index contributed by atoms with van der Waals surface area (Å²) in [5.74, 6) is -0.261. The van der Waals surface area contributed by atoms with Gasteiger partial charge in [0.05, 0.1) is 10.9 Å². The van der Waals surface area contributed by atoms with Crippen LogP contribution in [0.1, 0.15) is 6.92 Å². The maximum atomic E-state index is 11.8. The highest BCUT2D eigenvalue weighted by Gasteiger charge is 2.33. The number of hydrogen-bond donors (Lipinski definition) is 2. The smallest absolute Gasteiger partial charge is 0.289 e. The van der Waals surface area contributed by atoms with Gasteiger partial charge in [0, 0.05) is 10.6 Å². The summed E-state index contributed by atoms with van der Waals surface area (Å²) in [6.45, 7) is 1.76. The predicted octanol–water partition coefficient (Wildman–Crippen LogP) is 2.15. The highest BCUT2D eigenvalue weighted by molar-refractivity contribution is 8.01. The molecular formula is C10H10N2O2S2. The zero-order chi connectivity index (χ0) is 11.9. The molecule has 1 atom stereocenters. The lowest BCUT2D eigenvalue weighted by molar-refractivity contribution is -0.117. The highest BCUT2D eigenvalue weighted by atomic mass is 32.2. The maximum absolute atomic E-state index is 11.8. The summed E-state index contributed by atoms with van der Waals surface area (Å²) >= 11 is 5.13. The molecule has 2 N–H and O–H groups in total. The lowest BCUT2D eigenvalue weighted by Crippen LogP contribution is -2.41. The van der Waals surface area contributed by atoms with Gasteiger partial charge in [-0.25, -0.2) is 4.90 Å². The number of nitrogen functional groups attached to an aromatic ring is 1. The topological polar surface area (TPSA) is 63.4 Å². The van der Waals surface area contributed by atoms with Crippen LogP contribution in [0.2, 0.25) is 0 Å². The van der Waals surface area contributed by atoms with Crippen LogP contribution in [0.25, 0.3) is 0 Å². The minimum absolute atomic E-state index is 0.261. The number of nitrogens with zero attached hydrogens (tertiary/aromatic N) is 1. The van der Waals surface area contributed by atoms with E-state index >= 15 is 0 Å². The van der Waals surface area contributed by atoms with Crippen LogP contribution in [-0.2, 0) is 4.79 Å². The molecule has 0 bridgehead atoms. The van der Waals surface area contributed by atoms with Gasteiger partial charge in [0.1, 0.15) is 0 Å². The molecule has 1 heterocycles. The fourth-order valence-corrected chi connectivity index (χ4v) is 2.76. The molecular weight excluding hydrogens is 244 g/mol. The van der Waals surface area contributed by atoms with Crippen molar-refractivity contribution < 1.29 is 9.59 Å². The Labute approximate surface area is 103 Å². The molecule has 84 valence electrons. The maximum Gasteiger partial charge on any atom is 0.289 e. The van der Waals surface area contributed by atoms with Crippen LogP contribution in [0, 0.1) is 0 Å². The zero-order valence-corrected chi connectivity index (χ0v) is 10.2. The van der Waals surface area contributed by atoms with E-state index in [0.29, 0.717) is 11.4 Å². The van der Waals surface area contributed by atoms with E-state index < -0.39 is 5.24 Å². The number of anilines is 2. The van der Waals surface area contributed by atoms with Crippen LogP contribution in [0.15, 0.2) is 23.1 Å². The van der Waals surface area contributed by atoms with Crippen molar-refractivity contribution in [3.05, 3.63) is 18.2 Å². The summed E-state index contributed by atoms with van der Waals surface area (Å²) in [6, 6.07) is 5.16. The molecule has 4 nitrogen and oxygen atoms in total. The Morgan fingerprint density at radius 1 is 1.56 bits per heavy atom. The van der Waals surface area contributed by atoms with Crippen molar-refractivity contribution in [2.75, 3.05) is 10.6 Å². The van der Waals surface area contributed by atoms with E-state index in [9.17, 15) is 9.59 Å². The minimum Gasteiger partial charge on any atom is -0.399 e. The Bertz CT molecular complexity index is 476. The number of nitrogens with two attached hydrogens (primary N) is 1. The van der Waals surface area contributed by atoms with Crippen molar-refractivity contribution in [3.63, 3.8) is 0 Å². The van der Waals surface area contributed by atoms with E-state index in [1.807, 2.05) is 6.07 Å². The number of rotatable bonds is 0. The van der Waals surface area contributed by atoms with Gasteiger partial charge in [0.2, 0.25) is 5.91 Å². The Morgan fingerprint density at radius 3 is 2.88 bits per heavy atom. The number of thioether (sulfide) groups is 1. The van der Waals surface area contributed by atoms with Gasteiger partial charge in [0.25, 0.3) is 5.24 Å². The number of imide groups is 1. The number of carbonyl (C=O) groups excluding carboxylic acids is 2. The Morgan fingerprint density at radius 2 is 2.25 bits per heavy atom. The second-order valence-electron chi connectivity index (χ2n) is 3.44. The van der Waals surface area contributed by atoms with Crippen LogP contribution >= 0.6 is 24.4 Å². The third-order valence-corrected chi connectivity index (χ3v) is 3.64. The molecule has 0 aliphatic carbocycles. The van der Waals surface area contributed by atoms with E-state index in [1.54, 1.807) is 19.1 Å². The lowest BCUT2D eigenvalue weighted by atomic mass is 10.2. The minimum atomic E-state index is -0.580. The molecule has 0 saturated carbocycles.